The predicted octanol–water partition coefficient (Wildman–Crippen LogP) is 19.2. The molecule has 0 atom stereocenters. The van der Waals surface area contributed by atoms with E-state index < -0.39 is 0 Å². The van der Waals surface area contributed by atoms with Gasteiger partial charge in [0, 0.05) is 21.5 Å². The molecule has 18 rings (SSSR count). The Morgan fingerprint density at radius 1 is 0.254 bits per heavy atom. The van der Waals surface area contributed by atoms with Crippen LogP contribution >= 0.6 is 0 Å². The summed E-state index contributed by atoms with van der Waals surface area (Å²) >= 11 is 0.181. The first kappa shape index (κ1) is 37.2. The van der Waals surface area contributed by atoms with Crippen LogP contribution in [0.15, 0.2) is 215 Å². The van der Waals surface area contributed by atoms with Crippen LogP contribution in [0, 0.1) is 0 Å². The fourth-order valence-corrected chi connectivity index (χ4v) is 16.0. The maximum atomic E-state index is 7.19. The normalized spacial score (nSPS) is 12.8. The van der Waals surface area contributed by atoms with Gasteiger partial charge >= 0.3 is 282 Å². The quantitative estimate of drug-likeness (QED) is 0.127. The van der Waals surface area contributed by atoms with Crippen molar-refractivity contribution >= 4 is 132 Å². The van der Waals surface area contributed by atoms with E-state index in [1.54, 1.807) is 0 Å². The molecule has 0 amide bonds. The monoisotopic (exact) mass is 962 g/mol. The van der Waals surface area contributed by atoms with Crippen LogP contribution < -0.4 is 0 Å². The van der Waals surface area contributed by atoms with Crippen LogP contribution in [0.4, 0.5) is 0 Å². The topological polar surface area (TPSA) is 26.3 Å². The van der Waals surface area contributed by atoms with Crippen LogP contribution in [0.2, 0.25) is 0 Å². The van der Waals surface area contributed by atoms with Gasteiger partial charge in [0.05, 0.1) is 0 Å². The van der Waals surface area contributed by atoms with Crippen molar-refractivity contribution in [2.75, 3.05) is 0 Å². The second kappa shape index (κ2) is 13.1. The summed E-state index contributed by atoms with van der Waals surface area (Å²) in [5.74, 6) is 0. The Kier molecular flexibility index (Phi) is 6.88. The average molecular weight is 962 g/mol. The molecule has 0 saturated carbocycles. The van der Waals surface area contributed by atoms with Gasteiger partial charge in [0.2, 0.25) is 0 Å². The Balaban J connectivity index is 0.978. The Hall–Kier alpha value is -8.72. The van der Waals surface area contributed by atoms with Crippen molar-refractivity contribution < 1.29 is 8.83 Å². The predicted molar refractivity (Wildman–Crippen MR) is 300 cm³/mol. The Morgan fingerprint density at radius 2 is 0.718 bits per heavy atom. The molecule has 0 radical (unpaired) electrons. The van der Waals surface area contributed by atoms with Crippen LogP contribution in [0.5, 0.6) is 0 Å². The minimum atomic E-state index is 0.181. The van der Waals surface area contributed by atoms with Gasteiger partial charge in [-0.1, -0.05) is 60.7 Å². The van der Waals surface area contributed by atoms with E-state index in [0.29, 0.717) is 0 Å². The second-order valence-corrected chi connectivity index (χ2v) is 21.9. The summed E-state index contributed by atoms with van der Waals surface area (Å²) < 4.78 is 16.7. The molecule has 0 spiro atoms. The fraction of sp³-hybridized carbons (Fsp3) is 0. The number of hydrogen-bond donors (Lipinski definition) is 0. The zero-order chi connectivity index (χ0) is 45.8. The molecule has 2 nitrogen and oxygen atoms in total. The summed E-state index contributed by atoms with van der Waals surface area (Å²) in [6.07, 6.45) is 0. The van der Waals surface area contributed by atoms with Gasteiger partial charge in [-0.3, -0.25) is 0 Å². The van der Waals surface area contributed by atoms with Gasteiger partial charge in [-0.25, -0.2) is 0 Å². The molecule has 0 N–H and O–H groups in total. The number of rotatable bonds is 2. The van der Waals surface area contributed by atoms with E-state index in [-0.39, 0.29) is 14.5 Å². The Labute approximate surface area is 410 Å². The molecule has 3 aromatic heterocycles. The van der Waals surface area contributed by atoms with Gasteiger partial charge in [0.25, 0.3) is 0 Å². The van der Waals surface area contributed by atoms with Crippen molar-refractivity contribution in [3.05, 3.63) is 206 Å². The molecule has 3 heterocycles. The molecule has 0 unspecified atom stereocenters. The second-order valence-electron chi connectivity index (χ2n) is 19.7. The van der Waals surface area contributed by atoms with Gasteiger partial charge in [-0.15, -0.1) is 0 Å². The molecule has 0 fully saturated rings. The number of fused-ring (bicyclic) bond motifs is 21. The first-order valence-corrected chi connectivity index (χ1v) is 26.2. The number of furan rings is 2. The van der Waals surface area contributed by atoms with Crippen molar-refractivity contribution in [3.63, 3.8) is 0 Å². The van der Waals surface area contributed by atoms with Gasteiger partial charge in [-0.2, -0.15) is 0 Å². The zero-order valence-electron chi connectivity index (χ0n) is 37.9. The standard InChI is InChI=1S/C68H34O2Se/c1-3-25-57-39(15-1)46-31-32-47-45-19-9-23-51(65(45)70-67(47)66(46)69-57)61-43-29-27-38-37(53(43)33-55-41-17-5-11-35-13-7-21-49(59(35)41)63(55)61)28-30-44-54(38)34-56-42-18-6-12-36-14-8-22-50(60(36)42)64(56)62(44)52-24-10-20-48-40-16-2-4-26-58(40)71-68(48)52/h1-34H. The van der Waals surface area contributed by atoms with Crippen molar-refractivity contribution in [1.29, 1.82) is 0 Å². The summed E-state index contributed by atoms with van der Waals surface area (Å²) in [6, 6.07) is 77.5. The maximum absolute atomic E-state index is 7.19. The third kappa shape index (κ3) is 4.60. The van der Waals surface area contributed by atoms with Crippen molar-refractivity contribution in [2.24, 2.45) is 0 Å². The molecule has 2 aliphatic carbocycles. The summed E-state index contributed by atoms with van der Waals surface area (Å²) in [5, 5.41) is 19.8. The van der Waals surface area contributed by atoms with E-state index in [4.69, 9.17) is 8.83 Å². The van der Waals surface area contributed by atoms with Crippen LogP contribution in [-0.4, -0.2) is 14.5 Å². The molecule has 0 aliphatic heterocycles. The molecule has 3 heteroatoms. The van der Waals surface area contributed by atoms with Gasteiger partial charge in [-0.05, 0) is 23.6 Å². The van der Waals surface area contributed by atoms with E-state index in [1.807, 2.05) is 12.1 Å². The van der Waals surface area contributed by atoms with Crippen molar-refractivity contribution in [1.82, 2.24) is 0 Å². The Bertz CT molecular complexity index is 5160. The fourth-order valence-electron chi connectivity index (χ4n) is 13.4. The molecule has 0 saturated heterocycles. The van der Waals surface area contributed by atoms with Crippen molar-refractivity contribution in [2.45, 2.75) is 0 Å². The zero-order valence-corrected chi connectivity index (χ0v) is 39.6. The van der Waals surface area contributed by atoms with Gasteiger partial charge in [0.1, 0.15) is 5.58 Å². The van der Waals surface area contributed by atoms with Crippen LogP contribution in [0.25, 0.3) is 184 Å². The van der Waals surface area contributed by atoms with E-state index >= 15 is 0 Å². The number of benzene rings is 13. The SMILES string of the molecule is c1cc2c3c(cccc3c1)-c1c-2cc2c(ccc3c4cc5c(c(-c6cccc7c6[se]c6ccccc67)c4ccc23)-c2cccc3cccc-5c23)c1-c1cccc2c1oc1c2ccc2c3ccccc3oc21. The van der Waals surface area contributed by atoms with E-state index in [0.717, 1.165) is 49.4 Å². The molecule has 71 heavy (non-hydrogen) atoms. The third-order valence-corrected chi connectivity index (χ3v) is 18.9. The number of para-hydroxylation sites is 2. The minimum absolute atomic E-state index is 0.181. The van der Waals surface area contributed by atoms with Gasteiger partial charge < -0.3 is 8.83 Å². The van der Waals surface area contributed by atoms with Crippen LogP contribution in [-0.2, 0) is 0 Å². The average Bonchev–Trinajstić information content (AvgIpc) is 4.24. The van der Waals surface area contributed by atoms with Crippen LogP contribution in [0.3, 0.4) is 0 Å². The molecule has 13 aromatic carbocycles. The van der Waals surface area contributed by atoms with E-state index in [1.165, 1.54) is 134 Å². The molecule has 2 aliphatic rings. The van der Waals surface area contributed by atoms with E-state index in [2.05, 4.69) is 194 Å². The van der Waals surface area contributed by atoms with Gasteiger partial charge in [0.15, 0.2) is 11.2 Å². The first-order valence-electron chi connectivity index (χ1n) is 24.5. The smallest absolute Gasteiger partial charge is 0.452 e. The summed E-state index contributed by atoms with van der Waals surface area (Å²) in [4.78, 5) is 0. The molecular formula is C68H34O2Se. The summed E-state index contributed by atoms with van der Waals surface area (Å²) in [7, 11) is 0. The third-order valence-electron chi connectivity index (χ3n) is 16.3. The molecule has 324 valence electrons. The van der Waals surface area contributed by atoms with Crippen molar-refractivity contribution in [3.8, 4) is 66.8 Å². The summed E-state index contributed by atoms with van der Waals surface area (Å²) in [5.41, 5.74) is 18.7. The Morgan fingerprint density at radius 3 is 1.39 bits per heavy atom. The molecular weight excluding hydrogens is 928 g/mol. The van der Waals surface area contributed by atoms with E-state index in [9.17, 15) is 0 Å². The first-order chi connectivity index (χ1) is 35.2. The number of hydrogen-bond acceptors (Lipinski definition) is 2. The molecule has 0 bridgehead atoms. The minimum Gasteiger partial charge on any atom is -0.452 e. The molecule has 16 aromatic rings. The van der Waals surface area contributed by atoms with Crippen LogP contribution in [0.1, 0.15) is 0 Å². The summed E-state index contributed by atoms with van der Waals surface area (Å²) in [6.45, 7) is 0.